The van der Waals surface area contributed by atoms with Crippen LogP contribution in [0.3, 0.4) is 0 Å². The normalized spacial score (nSPS) is 10.1. The van der Waals surface area contributed by atoms with Crippen molar-refractivity contribution in [3.05, 3.63) is 22.9 Å². The molecule has 0 saturated carbocycles. The topological polar surface area (TPSA) is 72.2 Å². The van der Waals surface area contributed by atoms with E-state index >= 15 is 0 Å². The summed E-state index contributed by atoms with van der Waals surface area (Å²) in [6.07, 6.45) is -3.27. The summed E-state index contributed by atoms with van der Waals surface area (Å²) in [5.74, 6) is -0.651. The van der Waals surface area contributed by atoms with Gasteiger partial charge in [-0.2, -0.15) is 5.26 Å². The van der Waals surface area contributed by atoms with Gasteiger partial charge in [-0.1, -0.05) is 0 Å². The Morgan fingerprint density at radius 1 is 1.58 bits per heavy atom. The minimum absolute atomic E-state index is 0.000230. The Labute approximate surface area is 108 Å². The summed E-state index contributed by atoms with van der Waals surface area (Å²) in [7, 11) is 1.29. The number of hydrogen-bond acceptors (Lipinski definition) is 5. The van der Waals surface area contributed by atoms with Gasteiger partial charge < -0.3 is 9.47 Å². The summed E-state index contributed by atoms with van der Waals surface area (Å²) in [6, 6.07) is 2.78. The number of carbonyl (C=O) groups is 1. The first-order valence-corrected chi connectivity index (χ1v) is 5.45. The van der Waals surface area contributed by atoms with Gasteiger partial charge in [0, 0.05) is 6.07 Å². The van der Waals surface area contributed by atoms with Crippen LogP contribution in [0.2, 0.25) is 0 Å². The van der Waals surface area contributed by atoms with Crippen molar-refractivity contribution < 1.29 is 23.0 Å². The summed E-state index contributed by atoms with van der Waals surface area (Å²) >= 11 is 0. The number of pyridine rings is 1. The lowest BCUT2D eigenvalue weighted by Crippen LogP contribution is -2.11. The molecular weight excluding hydrogens is 258 g/mol. The molecule has 7 heteroatoms. The number of aromatic nitrogens is 1. The molecule has 0 saturated heterocycles. The first-order valence-electron chi connectivity index (χ1n) is 5.45. The molecule has 0 amide bonds. The van der Waals surface area contributed by atoms with E-state index in [2.05, 4.69) is 4.98 Å². The van der Waals surface area contributed by atoms with Crippen molar-refractivity contribution in [1.29, 1.82) is 5.26 Å². The maximum absolute atomic E-state index is 13.0. The Hall–Kier alpha value is -2.23. The summed E-state index contributed by atoms with van der Waals surface area (Å²) in [4.78, 5) is 15.0. The zero-order valence-electron chi connectivity index (χ0n) is 10.4. The van der Waals surface area contributed by atoms with E-state index in [0.717, 1.165) is 0 Å². The van der Waals surface area contributed by atoms with Gasteiger partial charge in [0.05, 0.1) is 25.7 Å². The quantitative estimate of drug-likeness (QED) is 0.765. The van der Waals surface area contributed by atoms with Crippen molar-refractivity contribution in [1.82, 2.24) is 4.98 Å². The van der Waals surface area contributed by atoms with E-state index in [1.807, 2.05) is 0 Å². The number of hydrogen-bond donors (Lipinski definition) is 0. The Bertz CT molecular complexity index is 512. The van der Waals surface area contributed by atoms with Crippen molar-refractivity contribution in [2.75, 3.05) is 13.7 Å². The van der Waals surface area contributed by atoms with Gasteiger partial charge in [-0.25, -0.2) is 13.8 Å². The van der Waals surface area contributed by atoms with Gasteiger partial charge >= 0.3 is 5.97 Å². The monoisotopic (exact) mass is 270 g/mol. The van der Waals surface area contributed by atoms with E-state index in [1.165, 1.54) is 13.2 Å². The molecule has 19 heavy (non-hydrogen) atoms. The van der Waals surface area contributed by atoms with Crippen molar-refractivity contribution in [2.45, 2.75) is 19.8 Å². The second-order valence-corrected chi connectivity index (χ2v) is 3.48. The first kappa shape index (κ1) is 14.8. The third kappa shape index (κ3) is 3.61. The molecule has 0 aliphatic rings. The summed E-state index contributed by atoms with van der Waals surface area (Å²) < 4.78 is 35.4. The summed E-state index contributed by atoms with van der Waals surface area (Å²) in [5.41, 5.74) is -1.03. The molecule has 1 aromatic rings. The zero-order chi connectivity index (χ0) is 14.4. The smallest absolute Gasteiger partial charge is 0.310 e. The number of esters is 1. The first-order chi connectivity index (χ1) is 9.03. The third-order valence-corrected chi connectivity index (χ3v) is 2.29. The third-order valence-electron chi connectivity index (χ3n) is 2.29. The number of carbonyl (C=O) groups excluding carboxylic acids is 1. The lowest BCUT2D eigenvalue weighted by Gasteiger charge is -2.11. The van der Waals surface area contributed by atoms with Crippen molar-refractivity contribution >= 4 is 5.97 Å². The minimum Gasteiger partial charge on any atom is -0.481 e. The zero-order valence-corrected chi connectivity index (χ0v) is 10.4. The van der Waals surface area contributed by atoms with Gasteiger partial charge in [0.2, 0.25) is 5.88 Å². The number of ether oxygens (including phenoxy) is 2. The molecule has 5 nitrogen and oxygen atoms in total. The van der Waals surface area contributed by atoms with Crippen LogP contribution in [0.15, 0.2) is 6.07 Å². The number of halogens is 2. The highest BCUT2D eigenvalue weighted by molar-refractivity contribution is 5.73. The Morgan fingerprint density at radius 2 is 2.26 bits per heavy atom. The fourth-order valence-electron chi connectivity index (χ4n) is 1.53. The van der Waals surface area contributed by atoms with Crippen LogP contribution in [0.25, 0.3) is 0 Å². The molecule has 1 rings (SSSR count). The largest absolute Gasteiger partial charge is 0.481 e. The number of nitriles is 1. The van der Waals surface area contributed by atoms with Crippen molar-refractivity contribution in [2.24, 2.45) is 0 Å². The van der Waals surface area contributed by atoms with Crippen LogP contribution in [0.1, 0.15) is 30.2 Å². The van der Waals surface area contributed by atoms with Crippen LogP contribution in [0, 0.1) is 11.3 Å². The van der Waals surface area contributed by atoms with Crippen LogP contribution in [-0.2, 0) is 16.0 Å². The molecule has 0 unspecified atom stereocenters. The molecule has 0 spiro atoms. The van der Waals surface area contributed by atoms with Crippen LogP contribution in [-0.4, -0.2) is 24.7 Å². The van der Waals surface area contributed by atoms with E-state index in [1.54, 1.807) is 13.0 Å². The van der Waals surface area contributed by atoms with Crippen LogP contribution < -0.4 is 4.74 Å². The van der Waals surface area contributed by atoms with Gasteiger partial charge in [-0.15, -0.1) is 0 Å². The molecule has 1 aromatic heterocycles. The van der Waals surface area contributed by atoms with E-state index in [4.69, 9.17) is 14.7 Å². The number of rotatable bonds is 5. The molecule has 0 N–H and O–H groups in total. The van der Waals surface area contributed by atoms with Crippen LogP contribution >= 0.6 is 0 Å². The SMILES string of the molecule is CCOC(=O)Cc1cc(OC)nc(C#N)c1C(F)F. The predicted octanol–water partition coefficient (Wildman–Crippen LogP) is 2.01. The summed E-state index contributed by atoms with van der Waals surface area (Å²) in [5, 5.41) is 8.83. The molecule has 0 radical (unpaired) electrons. The second-order valence-electron chi connectivity index (χ2n) is 3.48. The summed E-state index contributed by atoms with van der Waals surface area (Å²) in [6.45, 7) is 1.76. The molecule has 0 aliphatic carbocycles. The Balaban J connectivity index is 3.26. The van der Waals surface area contributed by atoms with Gasteiger partial charge in [0.1, 0.15) is 6.07 Å². The molecule has 0 aliphatic heterocycles. The number of methoxy groups -OCH3 is 1. The second kappa shape index (κ2) is 6.64. The number of nitrogens with zero attached hydrogens (tertiary/aromatic N) is 2. The van der Waals surface area contributed by atoms with Gasteiger partial charge in [0.25, 0.3) is 6.43 Å². The average molecular weight is 270 g/mol. The van der Waals surface area contributed by atoms with Crippen molar-refractivity contribution in [3.63, 3.8) is 0 Å². The lowest BCUT2D eigenvalue weighted by molar-refractivity contribution is -0.142. The van der Waals surface area contributed by atoms with Crippen molar-refractivity contribution in [3.8, 4) is 11.9 Å². The minimum atomic E-state index is -2.91. The standard InChI is InChI=1S/C12H12F2N2O3/c1-3-19-10(17)5-7-4-9(18-2)16-8(6-15)11(7)12(13)14/h4,12H,3,5H2,1-2H3. The van der Waals surface area contributed by atoms with E-state index in [-0.39, 0.29) is 24.5 Å². The van der Waals surface area contributed by atoms with E-state index in [0.29, 0.717) is 0 Å². The maximum Gasteiger partial charge on any atom is 0.310 e. The van der Waals surface area contributed by atoms with Crippen LogP contribution in [0.4, 0.5) is 8.78 Å². The molecular formula is C12H12F2N2O3. The molecule has 0 aromatic carbocycles. The fourth-order valence-corrected chi connectivity index (χ4v) is 1.53. The predicted molar refractivity (Wildman–Crippen MR) is 60.8 cm³/mol. The molecule has 0 fully saturated rings. The molecule has 1 heterocycles. The van der Waals surface area contributed by atoms with E-state index < -0.39 is 23.7 Å². The Morgan fingerprint density at radius 3 is 2.74 bits per heavy atom. The number of alkyl halides is 2. The highest BCUT2D eigenvalue weighted by atomic mass is 19.3. The molecule has 0 atom stereocenters. The Kier molecular flexibility index (Phi) is 5.18. The average Bonchev–Trinajstić information content (AvgIpc) is 2.37. The maximum atomic E-state index is 13.0. The molecule has 0 bridgehead atoms. The highest BCUT2D eigenvalue weighted by Gasteiger charge is 2.23. The molecule has 102 valence electrons. The van der Waals surface area contributed by atoms with Crippen LogP contribution in [0.5, 0.6) is 5.88 Å². The van der Waals surface area contributed by atoms with Gasteiger partial charge in [-0.05, 0) is 12.5 Å². The van der Waals surface area contributed by atoms with Gasteiger partial charge in [0.15, 0.2) is 5.69 Å². The van der Waals surface area contributed by atoms with Gasteiger partial charge in [-0.3, -0.25) is 4.79 Å². The lowest BCUT2D eigenvalue weighted by atomic mass is 10.0. The highest BCUT2D eigenvalue weighted by Crippen LogP contribution is 2.28. The van der Waals surface area contributed by atoms with E-state index in [9.17, 15) is 13.6 Å². The fraction of sp³-hybridized carbons (Fsp3) is 0.417.